The molecule has 6 aliphatic rings. The molecule has 1 saturated carbocycles. The van der Waals surface area contributed by atoms with Gasteiger partial charge in [0, 0.05) is 67.3 Å². The number of amides is 10. The molecule has 0 bridgehead atoms. The molecule has 15 N–H and O–H groups in total. The van der Waals surface area contributed by atoms with Gasteiger partial charge in [0.15, 0.2) is 0 Å². The van der Waals surface area contributed by atoms with Crippen LogP contribution in [0.4, 0.5) is 35.1 Å². The third kappa shape index (κ3) is 18.9. The van der Waals surface area contributed by atoms with E-state index < -0.39 is 41.3 Å². The van der Waals surface area contributed by atoms with Gasteiger partial charge in [0.05, 0.1) is 43.3 Å². The number of benzene rings is 3. The zero-order chi connectivity index (χ0) is 76.7. The predicted molar refractivity (Wildman–Crippen MR) is 430 cm³/mol. The second-order valence-corrected chi connectivity index (χ2v) is 35.4. The Morgan fingerprint density at radius 3 is 1.22 bits per heavy atom. The Labute approximate surface area is 648 Å². The van der Waals surface area contributed by atoms with Crippen LogP contribution in [0.25, 0.3) is 10.1 Å². The van der Waals surface area contributed by atoms with Crippen LogP contribution in [0.5, 0.6) is 0 Å². The van der Waals surface area contributed by atoms with E-state index in [1.54, 1.807) is 12.1 Å². The van der Waals surface area contributed by atoms with Crippen molar-refractivity contribution in [3.05, 3.63) is 180 Å². The van der Waals surface area contributed by atoms with E-state index in [-0.39, 0.29) is 39.6 Å². The normalized spacial score (nSPS) is 14.2. The highest BCUT2D eigenvalue weighted by Crippen LogP contribution is 2.45. The van der Waals surface area contributed by atoms with Crippen molar-refractivity contribution in [2.24, 2.45) is 40.0 Å². The van der Waals surface area contributed by atoms with Crippen molar-refractivity contribution >= 4 is 179 Å². The zero-order valence-electron chi connectivity index (χ0n) is 60.0. The Morgan fingerprint density at radius 2 is 0.841 bits per heavy atom. The first-order valence-electron chi connectivity index (χ1n) is 35.5. The number of hydrogen-bond donors (Lipinski definition) is 10. The molecule has 29 heteroatoms. The number of aryl methyl sites for hydroxylation is 5. The number of fused-ring (bicyclic) bond motifs is 6. The number of anilines is 6. The van der Waals surface area contributed by atoms with E-state index >= 15 is 0 Å². The molecule has 0 aliphatic heterocycles. The SMILES string of the molecule is CC(C)(C)CC(=O)Nc1sc2c(c1C(N)=O)CCC2.CN(C)c1ccc(C(=O)Nc2sc3c(c2C(N)=O)CCC3)cc1.NC(=O)c1c(NC(=O)CC2CCCC2)sc2c1CCC2.NC(=O)c1c(NC(=O)c2cc3ccccc3s2)sc2c1CCC2.NC(=O)c1c(NC(=O)c2ccc(F)cc2Cl)sc2c1CCC2. The maximum absolute atomic E-state index is 13.0. The number of primary amides is 5. The Bertz CT molecular complexity index is 4940. The maximum atomic E-state index is 13.0. The fraction of sp³-hybridized carbons (Fsp3) is 0.359. The van der Waals surface area contributed by atoms with Gasteiger partial charge in [-0.05, 0) is 208 Å². The van der Waals surface area contributed by atoms with Crippen molar-refractivity contribution in [1.82, 2.24) is 0 Å². The number of nitrogens with one attached hydrogen (secondary N) is 5. The van der Waals surface area contributed by atoms with Gasteiger partial charge in [-0.2, -0.15) is 0 Å². The first kappa shape index (κ1) is 78.9. The standard InChI is InChI=1S/C17H19N3O2S.C17H14N2O2S2.C15H12ClFN2O2S.C15H20N2O2S.C14H20N2O2S/c1-20(2)11-8-6-10(7-9-11)16(22)19-17-14(15(18)21)12-4-3-5-13(12)23-17;18-15(20)14-10-5-3-7-12(10)23-17(14)19-16(21)13-8-9-4-1-2-6-11(9)22-13;16-10-6-7(17)4-5-8(10)14(21)19-15-12(13(18)20)9-2-1-3-11(9)22-15;16-14(19)13-10-6-3-7-11(10)20-15(13)17-12(18)8-9-4-1-2-5-9;1-14(2,3)7-10(17)16-13-11(12(15)18)8-5-4-6-9(8)19-13/h6-9H,3-5H2,1-2H3,(H2,18,21)(H,19,22);1-2,4,6,8H,3,5,7H2,(H2,18,20)(H,19,21);4-6H,1-3H2,(H2,18,20)(H,19,21);9H,1-8H2,(H2,16,19)(H,17,18);4-7H2,1-3H3,(H2,15,18)(H,16,17). The highest BCUT2D eigenvalue weighted by Gasteiger charge is 2.33. The van der Waals surface area contributed by atoms with Crippen LogP contribution in [0, 0.1) is 17.2 Å². The number of thiophene rings is 6. The summed E-state index contributed by atoms with van der Waals surface area (Å²) in [5, 5.41) is 18.2. The number of hydrogen-bond acceptors (Lipinski definition) is 17. The Balaban J connectivity index is 0.000000134. The van der Waals surface area contributed by atoms with Crippen molar-refractivity contribution in [2.45, 2.75) is 156 Å². The molecule has 0 atom stereocenters. The van der Waals surface area contributed by atoms with Gasteiger partial charge in [0.25, 0.3) is 47.3 Å². The zero-order valence-corrected chi connectivity index (χ0v) is 65.6. The molecule has 3 aromatic carbocycles. The van der Waals surface area contributed by atoms with E-state index in [4.69, 9.17) is 40.3 Å². The van der Waals surface area contributed by atoms with Gasteiger partial charge in [-0.1, -0.05) is 63.4 Å². The van der Waals surface area contributed by atoms with E-state index in [2.05, 4.69) is 26.6 Å². The summed E-state index contributed by atoms with van der Waals surface area (Å²) in [6.07, 6.45) is 20.1. The van der Waals surface area contributed by atoms with Crippen LogP contribution in [-0.4, -0.2) is 73.2 Å². The number of nitrogens with two attached hydrogens (primary N) is 5. The summed E-state index contributed by atoms with van der Waals surface area (Å²) < 4.78 is 14.1. The Hall–Kier alpha value is -9.16. The summed E-state index contributed by atoms with van der Waals surface area (Å²) in [5.41, 5.74) is 36.6. The van der Waals surface area contributed by atoms with Crippen LogP contribution >= 0.6 is 79.6 Å². The molecule has 6 heterocycles. The minimum absolute atomic E-state index is 0.0159. The van der Waals surface area contributed by atoms with Crippen molar-refractivity contribution in [2.75, 3.05) is 45.6 Å². The summed E-state index contributed by atoms with van der Waals surface area (Å²) in [4.78, 5) is 128. The Morgan fingerprint density at radius 1 is 0.458 bits per heavy atom. The predicted octanol–water partition coefficient (Wildman–Crippen LogP) is 15.4. The summed E-state index contributed by atoms with van der Waals surface area (Å²) >= 11 is 14.7. The number of rotatable bonds is 17. The molecule has 1 fully saturated rings. The Kier molecular flexibility index (Phi) is 25.4. The molecule has 6 aliphatic carbocycles. The fourth-order valence-electron chi connectivity index (χ4n) is 14.3. The molecule has 0 spiro atoms. The van der Waals surface area contributed by atoms with Gasteiger partial charge in [0.2, 0.25) is 11.8 Å². The van der Waals surface area contributed by atoms with E-state index in [1.807, 2.05) is 82.2 Å². The van der Waals surface area contributed by atoms with Crippen LogP contribution in [0.3, 0.4) is 0 Å². The van der Waals surface area contributed by atoms with Crippen LogP contribution < -0.4 is 60.2 Å². The van der Waals surface area contributed by atoms with E-state index in [1.165, 1.54) is 102 Å². The first-order chi connectivity index (χ1) is 51.0. The van der Waals surface area contributed by atoms with Crippen molar-refractivity contribution < 1.29 is 52.3 Å². The minimum atomic E-state index is -0.556. The van der Waals surface area contributed by atoms with Gasteiger partial charge >= 0.3 is 0 Å². The monoisotopic (exact) mass is 1580 g/mol. The van der Waals surface area contributed by atoms with Crippen LogP contribution in [0.1, 0.15) is 226 Å². The average Bonchev–Trinajstić information content (AvgIpc) is 1.67. The minimum Gasteiger partial charge on any atom is -0.378 e. The molecule has 6 aromatic heterocycles. The molecular formula is C78H85ClFN11O10S6. The van der Waals surface area contributed by atoms with Crippen molar-refractivity contribution in [1.29, 1.82) is 0 Å². The second kappa shape index (κ2) is 34.4. The summed E-state index contributed by atoms with van der Waals surface area (Å²) in [7, 11) is 3.89. The molecule has 0 saturated heterocycles. The fourth-order valence-corrected chi connectivity index (χ4v) is 22.0. The van der Waals surface area contributed by atoms with Crippen LogP contribution in [0.15, 0.2) is 72.8 Å². The highest BCUT2D eigenvalue weighted by atomic mass is 35.5. The average molecular weight is 1580 g/mol. The summed E-state index contributed by atoms with van der Waals surface area (Å²) in [6, 6.07) is 20.6. The molecule has 10 amide bonds. The molecule has 0 radical (unpaired) electrons. The van der Waals surface area contributed by atoms with Gasteiger partial charge in [-0.3, -0.25) is 47.9 Å². The lowest BCUT2D eigenvalue weighted by atomic mass is 9.92. The van der Waals surface area contributed by atoms with Crippen LogP contribution in [0.2, 0.25) is 5.02 Å². The molecule has 9 aromatic rings. The second-order valence-electron chi connectivity index (χ2n) is 28.4. The first-order valence-corrected chi connectivity index (χ1v) is 40.7. The van der Waals surface area contributed by atoms with Gasteiger partial charge in [0.1, 0.15) is 30.8 Å². The summed E-state index contributed by atoms with van der Waals surface area (Å²) in [6.45, 7) is 6.03. The molecule has 21 nitrogen and oxygen atoms in total. The third-order valence-electron chi connectivity index (χ3n) is 19.1. The van der Waals surface area contributed by atoms with E-state index in [9.17, 15) is 52.3 Å². The maximum Gasteiger partial charge on any atom is 0.266 e. The third-order valence-corrected chi connectivity index (χ3v) is 26.6. The largest absolute Gasteiger partial charge is 0.378 e. The van der Waals surface area contributed by atoms with Crippen molar-refractivity contribution in [3.8, 4) is 0 Å². The smallest absolute Gasteiger partial charge is 0.266 e. The molecule has 562 valence electrons. The van der Waals surface area contributed by atoms with E-state index in [0.29, 0.717) is 82.0 Å². The van der Waals surface area contributed by atoms with E-state index in [0.717, 1.165) is 175 Å². The highest BCUT2D eigenvalue weighted by molar-refractivity contribution is 7.21. The molecule has 0 unspecified atom stereocenters. The van der Waals surface area contributed by atoms with Crippen LogP contribution in [-0.2, 0) is 73.8 Å². The lowest BCUT2D eigenvalue weighted by molar-refractivity contribution is -0.118. The van der Waals surface area contributed by atoms with Gasteiger partial charge in [-0.25, -0.2) is 4.39 Å². The number of nitrogens with zero attached hydrogens (tertiary/aromatic N) is 1. The number of carbonyl (C=O) groups is 10. The van der Waals surface area contributed by atoms with Gasteiger partial charge < -0.3 is 60.2 Å². The molecule has 15 rings (SSSR count). The lowest BCUT2D eigenvalue weighted by Gasteiger charge is -2.17. The quantitative estimate of drug-likeness (QED) is 0.0408. The topological polar surface area (TPSA) is 364 Å². The van der Waals surface area contributed by atoms with Gasteiger partial charge in [-0.15, -0.1) is 68.0 Å². The molecule has 107 heavy (non-hydrogen) atoms. The lowest BCUT2D eigenvalue weighted by Crippen LogP contribution is -2.21. The molecular weight excluding hydrogens is 1500 g/mol. The number of carbonyl (C=O) groups excluding carboxylic acids is 10. The summed E-state index contributed by atoms with van der Waals surface area (Å²) in [5.74, 6) is -3.29. The number of halogens is 2. The van der Waals surface area contributed by atoms with Crippen molar-refractivity contribution in [3.63, 3.8) is 0 Å².